The van der Waals surface area contributed by atoms with E-state index in [1.807, 2.05) is 12.3 Å². The lowest BCUT2D eigenvalue weighted by molar-refractivity contribution is 0.143. The largest absolute Gasteiger partial charge is 0.329 e. The molecule has 3 nitrogen and oxygen atoms in total. The van der Waals surface area contributed by atoms with Gasteiger partial charge < -0.3 is 5.73 Å². The molecule has 1 aliphatic heterocycles. The third kappa shape index (κ3) is 4.17. The lowest BCUT2D eigenvalue weighted by Gasteiger charge is -2.34. The summed E-state index contributed by atoms with van der Waals surface area (Å²) >= 11 is 6.99. The van der Waals surface area contributed by atoms with Crippen LogP contribution in [0.25, 0.3) is 0 Å². The fourth-order valence-corrected chi connectivity index (χ4v) is 3.40. The Labute approximate surface area is 131 Å². The Balaban J connectivity index is 0.00000162. The molecule has 0 saturated carbocycles. The van der Waals surface area contributed by atoms with Crippen LogP contribution >= 0.6 is 44.3 Å². The molecular weight excluding hydrogens is 381 g/mol. The fraction of sp³-hybridized carbons (Fsp3) is 0.583. The quantitative estimate of drug-likeness (QED) is 0.848. The van der Waals surface area contributed by atoms with Crippen LogP contribution in [0.4, 0.5) is 0 Å². The molecule has 0 aliphatic carbocycles. The van der Waals surface area contributed by atoms with Gasteiger partial charge in [-0.2, -0.15) is 0 Å². The average molecular weight is 400 g/mol. The number of aromatic nitrogens is 1. The highest BCUT2D eigenvalue weighted by molar-refractivity contribution is 9.11. The Hall–Kier alpha value is 0.320. The van der Waals surface area contributed by atoms with Crippen LogP contribution in [0.5, 0.6) is 0 Å². The van der Waals surface area contributed by atoms with E-state index in [-0.39, 0.29) is 12.4 Å². The van der Waals surface area contributed by atoms with Crippen molar-refractivity contribution in [2.45, 2.75) is 31.8 Å². The van der Waals surface area contributed by atoms with E-state index in [4.69, 9.17) is 5.73 Å². The smallest absolute Gasteiger partial charge is 0.0686 e. The third-order valence-corrected chi connectivity index (χ3v) is 4.38. The molecule has 1 unspecified atom stereocenters. The highest BCUT2D eigenvalue weighted by Gasteiger charge is 2.22. The Morgan fingerprint density at radius 3 is 2.83 bits per heavy atom. The van der Waals surface area contributed by atoms with Crippen LogP contribution in [0, 0.1) is 0 Å². The van der Waals surface area contributed by atoms with Gasteiger partial charge in [0.1, 0.15) is 0 Å². The van der Waals surface area contributed by atoms with Crippen molar-refractivity contribution >= 4 is 44.3 Å². The number of halogens is 3. The maximum atomic E-state index is 5.83. The minimum absolute atomic E-state index is 0. The van der Waals surface area contributed by atoms with Crippen molar-refractivity contribution in [1.82, 2.24) is 9.88 Å². The maximum absolute atomic E-state index is 5.83. The summed E-state index contributed by atoms with van der Waals surface area (Å²) in [4.78, 5) is 6.91. The van der Waals surface area contributed by atoms with Gasteiger partial charge in [-0.3, -0.25) is 9.88 Å². The maximum Gasteiger partial charge on any atom is 0.0686 e. The van der Waals surface area contributed by atoms with Crippen molar-refractivity contribution in [3.8, 4) is 0 Å². The molecule has 0 bridgehead atoms. The molecule has 1 aromatic heterocycles. The third-order valence-electron chi connectivity index (χ3n) is 3.26. The SMILES string of the molecule is Cl.NCC1CCCCN1Cc1ncc(Br)cc1Br. The van der Waals surface area contributed by atoms with Crippen LogP contribution in [-0.4, -0.2) is 29.0 Å². The van der Waals surface area contributed by atoms with Gasteiger partial charge in [-0.05, 0) is 57.3 Å². The second kappa shape index (κ2) is 7.80. The zero-order chi connectivity index (χ0) is 12.3. The molecule has 0 aromatic carbocycles. The molecule has 1 fully saturated rings. The minimum atomic E-state index is 0. The molecule has 0 spiro atoms. The molecule has 6 heteroatoms. The van der Waals surface area contributed by atoms with E-state index in [1.54, 1.807) is 0 Å². The van der Waals surface area contributed by atoms with E-state index in [0.29, 0.717) is 6.04 Å². The predicted molar refractivity (Wildman–Crippen MR) is 84.0 cm³/mol. The lowest BCUT2D eigenvalue weighted by atomic mass is 10.0. The molecule has 0 radical (unpaired) electrons. The van der Waals surface area contributed by atoms with Gasteiger partial charge in [0.05, 0.1) is 5.69 Å². The normalized spacial score (nSPS) is 20.5. The number of nitrogens with zero attached hydrogens (tertiary/aromatic N) is 2. The van der Waals surface area contributed by atoms with Gasteiger partial charge in [0, 0.05) is 34.3 Å². The summed E-state index contributed by atoms with van der Waals surface area (Å²) < 4.78 is 2.07. The molecule has 2 heterocycles. The minimum Gasteiger partial charge on any atom is -0.329 e. The summed E-state index contributed by atoms with van der Waals surface area (Å²) in [6.45, 7) is 2.76. The van der Waals surface area contributed by atoms with Gasteiger partial charge in [-0.1, -0.05) is 6.42 Å². The van der Waals surface area contributed by atoms with Gasteiger partial charge in [-0.25, -0.2) is 0 Å². The van der Waals surface area contributed by atoms with Crippen molar-refractivity contribution in [3.05, 3.63) is 26.9 Å². The van der Waals surface area contributed by atoms with E-state index in [0.717, 1.165) is 34.3 Å². The zero-order valence-corrected chi connectivity index (χ0v) is 14.1. The first-order valence-corrected chi connectivity index (χ1v) is 7.53. The number of hydrogen-bond acceptors (Lipinski definition) is 3. The summed E-state index contributed by atoms with van der Waals surface area (Å²) in [5, 5.41) is 0. The predicted octanol–water partition coefficient (Wildman–Crippen LogP) is 3.34. The zero-order valence-electron chi connectivity index (χ0n) is 10.1. The second-order valence-corrected chi connectivity index (χ2v) is 6.21. The molecule has 1 aromatic rings. The molecule has 102 valence electrons. The highest BCUT2D eigenvalue weighted by Crippen LogP contribution is 2.24. The second-order valence-electron chi connectivity index (χ2n) is 4.44. The van der Waals surface area contributed by atoms with Crippen molar-refractivity contribution in [3.63, 3.8) is 0 Å². The Kier molecular flexibility index (Phi) is 7.10. The van der Waals surface area contributed by atoms with Crippen molar-refractivity contribution in [2.75, 3.05) is 13.1 Å². The standard InChI is InChI=1S/C12H17Br2N3.ClH/c13-9-5-11(14)12(16-7-9)8-17-4-2-1-3-10(17)6-15;/h5,7,10H,1-4,6,8,15H2;1H. The van der Waals surface area contributed by atoms with Crippen molar-refractivity contribution in [1.29, 1.82) is 0 Å². The molecule has 1 atom stereocenters. The lowest BCUT2D eigenvalue weighted by Crippen LogP contribution is -2.43. The summed E-state index contributed by atoms with van der Waals surface area (Å²) in [6, 6.07) is 2.56. The van der Waals surface area contributed by atoms with E-state index >= 15 is 0 Å². The first-order valence-electron chi connectivity index (χ1n) is 5.94. The number of hydrogen-bond donors (Lipinski definition) is 1. The van der Waals surface area contributed by atoms with Crippen LogP contribution in [0.2, 0.25) is 0 Å². The van der Waals surface area contributed by atoms with Gasteiger partial charge in [-0.15, -0.1) is 12.4 Å². The van der Waals surface area contributed by atoms with Crippen LogP contribution in [-0.2, 0) is 6.54 Å². The Morgan fingerprint density at radius 1 is 1.39 bits per heavy atom. The Morgan fingerprint density at radius 2 is 2.17 bits per heavy atom. The molecule has 1 aliphatic rings. The summed E-state index contributed by atoms with van der Waals surface area (Å²) in [6.07, 6.45) is 5.63. The number of pyridine rings is 1. The van der Waals surface area contributed by atoms with E-state index in [2.05, 4.69) is 41.7 Å². The van der Waals surface area contributed by atoms with Gasteiger partial charge in [0.15, 0.2) is 0 Å². The molecular formula is C12H18Br2ClN3. The van der Waals surface area contributed by atoms with E-state index in [1.165, 1.54) is 19.3 Å². The average Bonchev–Trinajstić information content (AvgIpc) is 2.33. The monoisotopic (exact) mass is 397 g/mol. The van der Waals surface area contributed by atoms with Crippen LogP contribution < -0.4 is 5.73 Å². The van der Waals surface area contributed by atoms with E-state index < -0.39 is 0 Å². The summed E-state index contributed by atoms with van der Waals surface area (Å²) in [5.41, 5.74) is 6.92. The number of rotatable bonds is 3. The number of nitrogens with two attached hydrogens (primary N) is 1. The first-order chi connectivity index (χ1) is 8.20. The van der Waals surface area contributed by atoms with Gasteiger partial charge >= 0.3 is 0 Å². The topological polar surface area (TPSA) is 42.1 Å². The molecule has 1 saturated heterocycles. The molecule has 18 heavy (non-hydrogen) atoms. The fourth-order valence-electron chi connectivity index (χ4n) is 2.29. The van der Waals surface area contributed by atoms with Crippen LogP contribution in [0.15, 0.2) is 21.2 Å². The van der Waals surface area contributed by atoms with Crippen LogP contribution in [0.1, 0.15) is 25.0 Å². The number of likely N-dealkylation sites (tertiary alicyclic amines) is 1. The summed E-state index contributed by atoms with van der Waals surface area (Å²) in [5.74, 6) is 0. The Bertz CT molecular complexity index is 390. The van der Waals surface area contributed by atoms with Crippen molar-refractivity contribution < 1.29 is 0 Å². The van der Waals surface area contributed by atoms with Crippen LogP contribution in [0.3, 0.4) is 0 Å². The molecule has 0 amide bonds. The van der Waals surface area contributed by atoms with E-state index in [9.17, 15) is 0 Å². The van der Waals surface area contributed by atoms with Crippen molar-refractivity contribution in [2.24, 2.45) is 5.73 Å². The van der Waals surface area contributed by atoms with Gasteiger partial charge in [0.2, 0.25) is 0 Å². The molecule has 2 N–H and O–H groups in total. The molecule has 2 rings (SSSR count). The first kappa shape index (κ1) is 16.4. The number of piperidine rings is 1. The van der Waals surface area contributed by atoms with Gasteiger partial charge in [0.25, 0.3) is 0 Å². The summed E-state index contributed by atoms with van der Waals surface area (Å²) in [7, 11) is 0. The highest BCUT2D eigenvalue weighted by atomic mass is 79.9.